The number of nitrogens with one attached hydrogen (secondary N) is 1. The molecule has 4 rings (SSSR count). The van der Waals surface area contributed by atoms with Crippen LogP contribution in [0.15, 0.2) is 28.7 Å². The Morgan fingerprint density at radius 3 is 2.47 bits per heavy atom. The van der Waals surface area contributed by atoms with Gasteiger partial charge in [0.15, 0.2) is 17.1 Å². The Balaban J connectivity index is 1.90. The molecule has 3 aliphatic carbocycles. The molecule has 0 radical (unpaired) electrons. The van der Waals surface area contributed by atoms with Crippen LogP contribution in [0, 0.1) is 11.8 Å². The topological polar surface area (TPSA) is 190 Å². The van der Waals surface area contributed by atoms with E-state index >= 15 is 0 Å². The number of hydrogen-bond acceptors (Lipinski definition) is 10. The summed E-state index contributed by atoms with van der Waals surface area (Å²) >= 11 is 0.979. The average Bonchev–Trinajstić information content (AvgIpc) is 2.77. The number of rotatable bonds is 4. The number of carbonyl (C=O) groups excluding carboxylic acids is 4. The summed E-state index contributed by atoms with van der Waals surface area (Å²) in [6, 6.07) is 1.56. The summed E-state index contributed by atoms with van der Waals surface area (Å²) in [6.45, 7) is 1.79. The highest BCUT2D eigenvalue weighted by Crippen LogP contribution is 2.53. The van der Waals surface area contributed by atoms with Gasteiger partial charge in [-0.05, 0) is 36.1 Å². The molecule has 3 atom stereocenters. The fourth-order valence-electron chi connectivity index (χ4n) is 5.44. The number of primary amides is 1. The number of aliphatic hydroxyl groups is 3. The van der Waals surface area contributed by atoms with Gasteiger partial charge in [0, 0.05) is 37.7 Å². The number of hydrogen-bond donors (Lipinski definition) is 6. The highest BCUT2D eigenvalue weighted by molar-refractivity contribution is 8.13. The van der Waals surface area contributed by atoms with Crippen LogP contribution >= 0.6 is 11.8 Å². The standard InChI is InChI=1S/C24H27N3O8S/c1-4-36-23(34)26-12-8-13(27(2)3)11-6-9-5-10-7-14(28)17(22(25)33)21(32)24(10,35)20(31)15(9)19(30)16(11)18(12)29/h8-10,28-29,31,35H,4-7H2,1-3H3,(H2,25,33)(H,26,34)/t9-,10+,24?/m1/s1. The number of carbonyl (C=O) groups is 4. The van der Waals surface area contributed by atoms with E-state index in [2.05, 4.69) is 5.32 Å². The van der Waals surface area contributed by atoms with Gasteiger partial charge in [0.2, 0.25) is 5.78 Å². The number of phenolic OH excluding ortho intramolecular Hbond substituents is 1. The number of nitrogens with two attached hydrogens (primary N) is 1. The average molecular weight is 518 g/mol. The number of anilines is 2. The smallest absolute Gasteiger partial charge is 0.283 e. The van der Waals surface area contributed by atoms with Crippen LogP contribution in [0.3, 0.4) is 0 Å². The molecule has 12 heteroatoms. The van der Waals surface area contributed by atoms with Crippen LogP contribution in [-0.4, -0.2) is 68.6 Å². The third-order valence-electron chi connectivity index (χ3n) is 7.03. The Kier molecular flexibility index (Phi) is 6.29. The van der Waals surface area contributed by atoms with Crippen molar-refractivity contribution >= 4 is 45.8 Å². The first kappa shape index (κ1) is 25.6. The monoisotopic (exact) mass is 517 g/mol. The number of aliphatic hydroxyl groups excluding tert-OH is 2. The van der Waals surface area contributed by atoms with E-state index in [0.717, 1.165) is 11.8 Å². The maximum absolute atomic E-state index is 13.7. The fourth-order valence-corrected chi connectivity index (χ4v) is 5.88. The third kappa shape index (κ3) is 3.63. The Hall–Kier alpha value is -3.51. The van der Waals surface area contributed by atoms with Crippen LogP contribution in [0.25, 0.3) is 0 Å². The molecular weight excluding hydrogens is 490 g/mol. The summed E-state index contributed by atoms with van der Waals surface area (Å²) in [5.74, 6) is -6.48. The zero-order valence-electron chi connectivity index (χ0n) is 19.9. The SMILES string of the molecule is CCSC(=O)Nc1cc(N(C)C)c2c(c1O)C(=O)C1=C(O)C3(O)C(=O)C(C(N)=O)=C(O)C[C@@H]3C[C@@H]1C2. The van der Waals surface area contributed by atoms with E-state index in [1.54, 1.807) is 32.0 Å². The predicted molar refractivity (Wildman–Crippen MR) is 132 cm³/mol. The number of Topliss-reactive ketones (excluding diaryl/α,β-unsaturated/α-hetero) is 2. The fraction of sp³-hybridized carbons (Fsp3) is 0.417. The molecule has 7 N–H and O–H groups in total. The minimum atomic E-state index is -2.63. The van der Waals surface area contributed by atoms with E-state index < -0.39 is 63.0 Å². The second-order valence-electron chi connectivity index (χ2n) is 9.30. The zero-order chi connectivity index (χ0) is 26.7. The van der Waals surface area contributed by atoms with E-state index in [4.69, 9.17) is 5.73 Å². The lowest BCUT2D eigenvalue weighted by Crippen LogP contribution is -2.57. The van der Waals surface area contributed by atoms with E-state index in [0.29, 0.717) is 17.0 Å². The molecule has 3 aliphatic rings. The van der Waals surface area contributed by atoms with Gasteiger partial charge < -0.3 is 36.4 Å². The Morgan fingerprint density at radius 2 is 1.89 bits per heavy atom. The van der Waals surface area contributed by atoms with Crippen LogP contribution in [0.2, 0.25) is 0 Å². The van der Waals surface area contributed by atoms with E-state index in [-0.39, 0.29) is 36.1 Å². The summed E-state index contributed by atoms with van der Waals surface area (Å²) in [5.41, 5.74) is 2.39. The second-order valence-corrected chi connectivity index (χ2v) is 10.5. The van der Waals surface area contributed by atoms with Crippen molar-refractivity contribution in [3.63, 3.8) is 0 Å². The second kappa shape index (κ2) is 8.86. The van der Waals surface area contributed by atoms with Crippen molar-refractivity contribution in [1.29, 1.82) is 0 Å². The maximum atomic E-state index is 13.7. The molecule has 1 aromatic rings. The van der Waals surface area contributed by atoms with Crippen molar-refractivity contribution in [3.8, 4) is 5.75 Å². The summed E-state index contributed by atoms with van der Waals surface area (Å²) in [4.78, 5) is 52.4. The highest BCUT2D eigenvalue weighted by atomic mass is 32.2. The minimum absolute atomic E-state index is 0.000278. The van der Waals surface area contributed by atoms with Gasteiger partial charge in [0.05, 0.1) is 11.3 Å². The quantitative estimate of drug-likeness (QED) is 0.254. The molecule has 0 saturated heterocycles. The maximum Gasteiger partial charge on any atom is 0.283 e. The number of aromatic hydroxyl groups is 1. The third-order valence-corrected chi connectivity index (χ3v) is 7.69. The number of amides is 2. The van der Waals surface area contributed by atoms with Gasteiger partial charge in [-0.25, -0.2) is 0 Å². The van der Waals surface area contributed by atoms with Crippen molar-refractivity contribution in [2.75, 3.05) is 30.1 Å². The lowest BCUT2D eigenvalue weighted by atomic mass is 9.60. The van der Waals surface area contributed by atoms with Gasteiger partial charge in [0.1, 0.15) is 17.1 Å². The Labute approximate surface area is 210 Å². The van der Waals surface area contributed by atoms with Crippen molar-refractivity contribution in [1.82, 2.24) is 0 Å². The minimum Gasteiger partial charge on any atom is -0.511 e. The largest absolute Gasteiger partial charge is 0.511 e. The zero-order valence-corrected chi connectivity index (χ0v) is 20.7. The first-order valence-corrected chi connectivity index (χ1v) is 12.3. The molecule has 11 nitrogen and oxygen atoms in total. The van der Waals surface area contributed by atoms with E-state index in [1.165, 1.54) is 0 Å². The van der Waals surface area contributed by atoms with Gasteiger partial charge in [-0.2, -0.15) is 0 Å². The van der Waals surface area contributed by atoms with E-state index in [9.17, 15) is 39.6 Å². The molecule has 0 saturated carbocycles. The first-order valence-electron chi connectivity index (χ1n) is 11.3. The van der Waals surface area contributed by atoms with Crippen molar-refractivity contribution in [2.24, 2.45) is 17.6 Å². The summed E-state index contributed by atoms with van der Waals surface area (Å²) in [5, 5.41) is 45.8. The van der Waals surface area contributed by atoms with Crippen LogP contribution in [0.5, 0.6) is 5.75 Å². The molecule has 2 amide bonds. The van der Waals surface area contributed by atoms with Crippen molar-refractivity contribution in [3.05, 3.63) is 39.9 Å². The molecule has 0 aromatic heterocycles. The molecule has 36 heavy (non-hydrogen) atoms. The normalized spacial score (nSPS) is 25.2. The molecule has 1 aromatic carbocycles. The lowest BCUT2D eigenvalue weighted by Gasteiger charge is -2.45. The summed E-state index contributed by atoms with van der Waals surface area (Å²) in [6.07, 6.45) is -0.0726. The van der Waals surface area contributed by atoms with Crippen molar-refractivity contribution < 1.29 is 39.6 Å². The number of allylic oxidation sites excluding steroid dienone is 2. The number of thioether (sulfide) groups is 1. The van der Waals surface area contributed by atoms with Crippen LogP contribution in [-0.2, 0) is 16.0 Å². The number of benzene rings is 1. The first-order chi connectivity index (χ1) is 16.8. The predicted octanol–water partition coefficient (Wildman–Crippen LogP) is 1.93. The van der Waals surface area contributed by atoms with Crippen molar-refractivity contribution in [2.45, 2.75) is 31.8 Å². The number of ketones is 2. The number of nitrogens with zero attached hydrogens (tertiary/aromatic N) is 1. The van der Waals surface area contributed by atoms with E-state index in [1.807, 2.05) is 0 Å². The molecular formula is C24H27N3O8S. The van der Waals surface area contributed by atoms with Gasteiger partial charge in [-0.15, -0.1) is 0 Å². The molecule has 0 heterocycles. The van der Waals surface area contributed by atoms with Crippen LogP contribution < -0.4 is 16.0 Å². The molecule has 0 bridgehead atoms. The van der Waals surface area contributed by atoms with Gasteiger partial charge in [-0.3, -0.25) is 19.2 Å². The van der Waals surface area contributed by atoms with Crippen LogP contribution in [0.4, 0.5) is 16.2 Å². The van der Waals surface area contributed by atoms with Crippen LogP contribution in [0.1, 0.15) is 35.7 Å². The van der Waals surface area contributed by atoms with Gasteiger partial charge in [-0.1, -0.05) is 18.7 Å². The van der Waals surface area contributed by atoms with Gasteiger partial charge >= 0.3 is 0 Å². The Bertz CT molecular complexity index is 1280. The molecule has 0 fully saturated rings. The number of fused-ring (bicyclic) bond motifs is 3. The molecule has 192 valence electrons. The van der Waals surface area contributed by atoms with Gasteiger partial charge in [0.25, 0.3) is 11.1 Å². The Morgan fingerprint density at radius 1 is 1.22 bits per heavy atom. The lowest BCUT2D eigenvalue weighted by molar-refractivity contribution is -0.144. The molecule has 1 unspecified atom stereocenters. The summed E-state index contributed by atoms with van der Waals surface area (Å²) in [7, 11) is 3.47. The summed E-state index contributed by atoms with van der Waals surface area (Å²) < 4.78 is 0. The highest BCUT2D eigenvalue weighted by Gasteiger charge is 2.59. The number of phenols is 1. The molecule has 0 spiro atoms. The molecule has 0 aliphatic heterocycles.